The third kappa shape index (κ3) is 5.64. The van der Waals surface area contributed by atoms with Gasteiger partial charge in [-0.05, 0) is 62.2 Å². The molecule has 3 rings (SSSR count). The standard InChI is InChI=1S/C23H24ClN3O4/c1-4-31-23(30)12-18-11-22(29)27(20-9-15(3)14(2)8-19(20)25-18)13-21(28)26-17-7-5-6-16(24)10-17/h5-11,25H,4,12-13H2,1-3H3,(H,26,28). The molecule has 0 saturated carbocycles. The van der Waals surface area contributed by atoms with Crippen molar-refractivity contribution in [2.45, 2.75) is 27.2 Å². The molecule has 2 amide bonds. The van der Waals surface area contributed by atoms with E-state index in [1.165, 1.54) is 11.0 Å². The Hall–Kier alpha value is -3.32. The van der Waals surface area contributed by atoms with Crippen molar-refractivity contribution in [1.82, 2.24) is 0 Å². The summed E-state index contributed by atoms with van der Waals surface area (Å²) in [5.41, 5.74) is 4.13. The first-order valence-electron chi connectivity index (χ1n) is 9.88. The average Bonchev–Trinajstić information content (AvgIpc) is 2.79. The highest BCUT2D eigenvalue weighted by molar-refractivity contribution is 6.30. The molecule has 0 aromatic heterocycles. The van der Waals surface area contributed by atoms with Crippen molar-refractivity contribution < 1.29 is 19.1 Å². The quantitative estimate of drug-likeness (QED) is 0.656. The van der Waals surface area contributed by atoms with Crippen LogP contribution in [0.4, 0.5) is 17.1 Å². The summed E-state index contributed by atoms with van der Waals surface area (Å²) >= 11 is 5.97. The van der Waals surface area contributed by atoms with E-state index in [2.05, 4.69) is 10.6 Å². The van der Waals surface area contributed by atoms with E-state index < -0.39 is 11.9 Å². The second-order valence-corrected chi connectivity index (χ2v) is 7.65. The third-order valence-electron chi connectivity index (χ3n) is 4.81. The number of esters is 1. The number of hydrogen-bond donors (Lipinski definition) is 2. The summed E-state index contributed by atoms with van der Waals surface area (Å²) in [5, 5.41) is 6.41. The molecule has 162 valence electrons. The second-order valence-electron chi connectivity index (χ2n) is 7.21. The molecule has 0 aliphatic carbocycles. The van der Waals surface area contributed by atoms with Crippen molar-refractivity contribution >= 4 is 46.4 Å². The second kappa shape index (κ2) is 9.66. The molecule has 7 nitrogen and oxygen atoms in total. The molecular formula is C23H24ClN3O4. The number of nitrogens with one attached hydrogen (secondary N) is 2. The molecule has 1 aliphatic heterocycles. The van der Waals surface area contributed by atoms with E-state index in [0.717, 1.165) is 11.1 Å². The Labute approximate surface area is 186 Å². The summed E-state index contributed by atoms with van der Waals surface area (Å²) in [6.45, 7) is 5.66. The average molecular weight is 442 g/mol. The van der Waals surface area contributed by atoms with Crippen LogP contribution >= 0.6 is 11.6 Å². The fourth-order valence-corrected chi connectivity index (χ4v) is 3.41. The number of carbonyl (C=O) groups is 3. The lowest BCUT2D eigenvalue weighted by molar-refractivity contribution is -0.142. The summed E-state index contributed by atoms with van der Waals surface area (Å²) in [6, 6.07) is 10.5. The lowest BCUT2D eigenvalue weighted by Crippen LogP contribution is -2.37. The smallest absolute Gasteiger partial charge is 0.311 e. The molecule has 2 aromatic carbocycles. The normalized spacial score (nSPS) is 13.0. The van der Waals surface area contributed by atoms with Gasteiger partial charge in [0, 0.05) is 22.5 Å². The summed E-state index contributed by atoms with van der Waals surface area (Å²) < 4.78 is 5.00. The molecule has 0 unspecified atom stereocenters. The fraction of sp³-hybridized carbons (Fsp3) is 0.261. The number of nitrogens with zero attached hydrogens (tertiary/aromatic N) is 1. The van der Waals surface area contributed by atoms with Gasteiger partial charge in [-0.3, -0.25) is 19.3 Å². The zero-order valence-corrected chi connectivity index (χ0v) is 18.4. The highest BCUT2D eigenvalue weighted by Crippen LogP contribution is 2.33. The van der Waals surface area contributed by atoms with Gasteiger partial charge in [0.2, 0.25) is 5.91 Å². The van der Waals surface area contributed by atoms with Gasteiger partial charge in [-0.25, -0.2) is 0 Å². The summed E-state index contributed by atoms with van der Waals surface area (Å²) in [5.74, 6) is -1.22. The van der Waals surface area contributed by atoms with Crippen LogP contribution in [-0.2, 0) is 19.1 Å². The van der Waals surface area contributed by atoms with Gasteiger partial charge in [0.15, 0.2) is 0 Å². The number of carbonyl (C=O) groups excluding carboxylic acids is 3. The van der Waals surface area contributed by atoms with Gasteiger partial charge in [-0.1, -0.05) is 17.7 Å². The van der Waals surface area contributed by atoms with Crippen molar-refractivity contribution in [3.63, 3.8) is 0 Å². The number of halogens is 1. The number of fused-ring (bicyclic) bond motifs is 1. The van der Waals surface area contributed by atoms with E-state index in [-0.39, 0.29) is 25.5 Å². The third-order valence-corrected chi connectivity index (χ3v) is 5.05. The highest BCUT2D eigenvalue weighted by atomic mass is 35.5. The Kier molecular flexibility index (Phi) is 6.97. The maximum atomic E-state index is 13.0. The van der Waals surface area contributed by atoms with Crippen molar-refractivity contribution in [2.75, 3.05) is 28.7 Å². The van der Waals surface area contributed by atoms with Crippen LogP contribution in [0.5, 0.6) is 0 Å². The molecule has 1 aliphatic rings. The maximum absolute atomic E-state index is 13.0. The molecule has 1 heterocycles. The minimum atomic E-state index is -0.438. The predicted molar refractivity (Wildman–Crippen MR) is 121 cm³/mol. The Bertz CT molecular complexity index is 1060. The summed E-state index contributed by atoms with van der Waals surface area (Å²) in [7, 11) is 0. The van der Waals surface area contributed by atoms with Gasteiger partial charge in [-0.15, -0.1) is 0 Å². The molecular weight excluding hydrogens is 418 g/mol. The van der Waals surface area contributed by atoms with Crippen LogP contribution in [0.15, 0.2) is 48.2 Å². The zero-order valence-electron chi connectivity index (χ0n) is 17.6. The Morgan fingerprint density at radius 1 is 1.16 bits per heavy atom. The van der Waals surface area contributed by atoms with Crippen molar-refractivity contribution in [2.24, 2.45) is 0 Å². The van der Waals surface area contributed by atoms with Gasteiger partial charge in [0.1, 0.15) is 6.54 Å². The van der Waals surface area contributed by atoms with Gasteiger partial charge in [0.25, 0.3) is 5.91 Å². The SMILES string of the molecule is CCOC(=O)CC1=CC(=O)N(CC(=O)Nc2cccc(Cl)c2)c2cc(C)c(C)cc2N1. The van der Waals surface area contributed by atoms with Crippen LogP contribution in [0.3, 0.4) is 0 Å². The molecule has 0 spiro atoms. The molecule has 8 heteroatoms. The number of aryl methyl sites for hydroxylation is 2. The molecule has 0 bridgehead atoms. The largest absolute Gasteiger partial charge is 0.466 e. The number of rotatable bonds is 6. The van der Waals surface area contributed by atoms with Gasteiger partial charge < -0.3 is 15.4 Å². The molecule has 2 N–H and O–H groups in total. The topological polar surface area (TPSA) is 87.7 Å². The number of anilines is 3. The molecule has 0 saturated heterocycles. The van der Waals surface area contributed by atoms with E-state index >= 15 is 0 Å². The number of amides is 2. The molecule has 0 atom stereocenters. The van der Waals surface area contributed by atoms with E-state index in [1.807, 2.05) is 26.0 Å². The van der Waals surface area contributed by atoms with Crippen LogP contribution in [0, 0.1) is 13.8 Å². The van der Waals surface area contributed by atoms with E-state index in [9.17, 15) is 14.4 Å². The number of hydrogen-bond acceptors (Lipinski definition) is 5. The van der Waals surface area contributed by atoms with E-state index in [4.69, 9.17) is 16.3 Å². The van der Waals surface area contributed by atoms with Crippen molar-refractivity contribution in [3.8, 4) is 0 Å². The Morgan fingerprint density at radius 3 is 2.61 bits per heavy atom. The Morgan fingerprint density at radius 2 is 1.90 bits per heavy atom. The summed E-state index contributed by atoms with van der Waals surface area (Å²) in [4.78, 5) is 39.0. The zero-order chi connectivity index (χ0) is 22.5. The molecule has 31 heavy (non-hydrogen) atoms. The lowest BCUT2D eigenvalue weighted by Gasteiger charge is -2.23. The van der Waals surface area contributed by atoms with Crippen LogP contribution in [0.2, 0.25) is 5.02 Å². The van der Waals surface area contributed by atoms with E-state index in [1.54, 1.807) is 31.2 Å². The van der Waals surface area contributed by atoms with Crippen molar-refractivity contribution in [3.05, 3.63) is 64.3 Å². The minimum absolute atomic E-state index is 0.0749. The fourth-order valence-electron chi connectivity index (χ4n) is 3.22. The first-order valence-corrected chi connectivity index (χ1v) is 10.3. The monoisotopic (exact) mass is 441 g/mol. The van der Waals surface area contributed by atoms with Gasteiger partial charge in [-0.2, -0.15) is 0 Å². The highest BCUT2D eigenvalue weighted by Gasteiger charge is 2.26. The van der Waals surface area contributed by atoms with Crippen LogP contribution < -0.4 is 15.5 Å². The molecule has 0 radical (unpaired) electrons. The van der Waals surface area contributed by atoms with Crippen molar-refractivity contribution in [1.29, 1.82) is 0 Å². The molecule has 0 fully saturated rings. The predicted octanol–water partition coefficient (Wildman–Crippen LogP) is 4.19. The lowest BCUT2D eigenvalue weighted by atomic mass is 10.1. The van der Waals surface area contributed by atoms with Gasteiger partial charge in [0.05, 0.1) is 24.4 Å². The maximum Gasteiger partial charge on any atom is 0.311 e. The van der Waals surface area contributed by atoms with Crippen LogP contribution in [-0.4, -0.2) is 30.9 Å². The first-order chi connectivity index (χ1) is 14.8. The van der Waals surface area contributed by atoms with Gasteiger partial charge >= 0.3 is 5.97 Å². The van der Waals surface area contributed by atoms with Crippen LogP contribution in [0.25, 0.3) is 0 Å². The summed E-state index contributed by atoms with van der Waals surface area (Å²) in [6.07, 6.45) is 1.25. The number of ether oxygens (including phenoxy) is 1. The Balaban J connectivity index is 1.90. The molecule has 2 aromatic rings. The van der Waals surface area contributed by atoms with E-state index in [0.29, 0.717) is 27.8 Å². The minimum Gasteiger partial charge on any atom is -0.466 e. The number of benzene rings is 2. The first kappa shape index (κ1) is 22.4. The van der Waals surface area contributed by atoms with Crippen LogP contribution in [0.1, 0.15) is 24.5 Å².